The van der Waals surface area contributed by atoms with E-state index in [0.29, 0.717) is 6.54 Å². The Labute approximate surface area is 58.6 Å². The summed E-state index contributed by atoms with van der Waals surface area (Å²) in [6.07, 6.45) is 1.59. The van der Waals surface area contributed by atoms with Gasteiger partial charge in [0.05, 0.1) is 11.0 Å². The SMILES string of the molecule is CS(=O)NCC(C)(C)N. The van der Waals surface area contributed by atoms with Crippen LogP contribution in [0.4, 0.5) is 0 Å². The van der Waals surface area contributed by atoms with Crippen LogP contribution < -0.4 is 10.5 Å². The molecule has 3 nitrogen and oxygen atoms in total. The fourth-order valence-electron chi connectivity index (χ4n) is 0.288. The molecule has 0 aliphatic heterocycles. The van der Waals surface area contributed by atoms with Gasteiger partial charge in [-0.2, -0.15) is 0 Å². The van der Waals surface area contributed by atoms with Crippen molar-refractivity contribution in [3.05, 3.63) is 0 Å². The minimum Gasteiger partial charge on any atom is -0.324 e. The van der Waals surface area contributed by atoms with Crippen LogP contribution in [0.15, 0.2) is 0 Å². The summed E-state index contributed by atoms with van der Waals surface area (Å²) in [5.74, 6) is 0. The van der Waals surface area contributed by atoms with Crippen LogP contribution in [0.5, 0.6) is 0 Å². The van der Waals surface area contributed by atoms with Crippen LogP contribution >= 0.6 is 0 Å². The van der Waals surface area contributed by atoms with Crippen molar-refractivity contribution >= 4 is 11.0 Å². The molecule has 0 saturated carbocycles. The molecule has 0 aromatic carbocycles. The second kappa shape index (κ2) is 3.29. The maximum atomic E-state index is 10.4. The van der Waals surface area contributed by atoms with Gasteiger partial charge in [0, 0.05) is 18.3 Å². The molecule has 0 rings (SSSR count). The number of hydrogen-bond donors (Lipinski definition) is 2. The standard InChI is InChI=1S/C5H14N2OS/c1-5(2,6)4-7-9(3)8/h7H,4,6H2,1-3H3. The molecule has 3 N–H and O–H groups in total. The van der Waals surface area contributed by atoms with Crippen LogP contribution in [0, 0.1) is 0 Å². The van der Waals surface area contributed by atoms with E-state index in [0.717, 1.165) is 0 Å². The molecule has 0 radical (unpaired) electrons. The van der Waals surface area contributed by atoms with E-state index >= 15 is 0 Å². The Kier molecular flexibility index (Phi) is 3.32. The first-order valence-electron chi connectivity index (χ1n) is 2.77. The van der Waals surface area contributed by atoms with Crippen molar-refractivity contribution in [2.24, 2.45) is 5.73 Å². The summed E-state index contributed by atoms with van der Waals surface area (Å²) >= 11 is 0. The number of nitrogens with one attached hydrogen (secondary N) is 1. The Morgan fingerprint density at radius 1 is 1.67 bits per heavy atom. The summed E-state index contributed by atoms with van der Waals surface area (Å²) in [6, 6.07) is 0. The van der Waals surface area contributed by atoms with Crippen LogP contribution in [0.3, 0.4) is 0 Å². The predicted molar refractivity (Wildman–Crippen MR) is 40.3 cm³/mol. The van der Waals surface area contributed by atoms with Crippen molar-refractivity contribution in [3.8, 4) is 0 Å². The maximum absolute atomic E-state index is 10.4. The van der Waals surface area contributed by atoms with Crippen LogP contribution in [-0.4, -0.2) is 22.5 Å². The van der Waals surface area contributed by atoms with Gasteiger partial charge in [-0.05, 0) is 13.8 Å². The van der Waals surface area contributed by atoms with Crippen molar-refractivity contribution in [1.29, 1.82) is 0 Å². The molecule has 4 heteroatoms. The Morgan fingerprint density at radius 3 is 2.22 bits per heavy atom. The largest absolute Gasteiger partial charge is 0.324 e. The monoisotopic (exact) mass is 150 g/mol. The van der Waals surface area contributed by atoms with E-state index in [1.807, 2.05) is 13.8 Å². The van der Waals surface area contributed by atoms with Gasteiger partial charge in [0.15, 0.2) is 0 Å². The lowest BCUT2D eigenvalue weighted by molar-refractivity contribution is 0.512. The Bertz CT molecular complexity index is 108. The molecule has 0 aromatic heterocycles. The second-order valence-corrected chi connectivity index (χ2v) is 3.96. The van der Waals surface area contributed by atoms with Crippen molar-refractivity contribution in [1.82, 2.24) is 4.72 Å². The zero-order valence-corrected chi connectivity index (χ0v) is 6.92. The molecule has 0 aliphatic carbocycles. The zero-order chi connectivity index (χ0) is 7.49. The topological polar surface area (TPSA) is 55.1 Å². The highest BCUT2D eigenvalue weighted by molar-refractivity contribution is 7.82. The van der Waals surface area contributed by atoms with E-state index < -0.39 is 11.0 Å². The molecule has 9 heavy (non-hydrogen) atoms. The summed E-state index contributed by atoms with van der Waals surface area (Å²) in [7, 11) is -0.942. The smallest absolute Gasteiger partial charge is 0.0884 e. The molecule has 0 fully saturated rings. The van der Waals surface area contributed by atoms with Crippen molar-refractivity contribution < 1.29 is 4.21 Å². The van der Waals surface area contributed by atoms with Crippen LogP contribution in [-0.2, 0) is 11.0 Å². The minimum atomic E-state index is -0.942. The Morgan fingerprint density at radius 2 is 2.11 bits per heavy atom. The number of rotatable bonds is 3. The molecule has 0 saturated heterocycles. The normalized spacial score (nSPS) is 15.6. The zero-order valence-electron chi connectivity index (χ0n) is 6.10. The molecule has 0 aromatic rings. The van der Waals surface area contributed by atoms with E-state index in [1.54, 1.807) is 6.26 Å². The summed E-state index contributed by atoms with van der Waals surface area (Å²) in [5, 5.41) is 0. The first-order valence-corrected chi connectivity index (χ1v) is 4.33. The lowest BCUT2D eigenvalue weighted by Crippen LogP contribution is -2.43. The molecule has 1 atom stereocenters. The summed E-state index contributed by atoms with van der Waals surface area (Å²) in [5.41, 5.74) is 5.31. The highest BCUT2D eigenvalue weighted by Gasteiger charge is 2.09. The summed E-state index contributed by atoms with van der Waals surface area (Å²) < 4.78 is 13.2. The van der Waals surface area contributed by atoms with Gasteiger partial charge in [-0.3, -0.25) is 0 Å². The minimum absolute atomic E-state index is 0.272. The molecule has 1 unspecified atom stereocenters. The fourth-order valence-corrected chi connectivity index (χ4v) is 0.863. The van der Waals surface area contributed by atoms with Gasteiger partial charge in [-0.25, -0.2) is 8.93 Å². The second-order valence-electron chi connectivity index (χ2n) is 2.76. The predicted octanol–water partition coefficient (Wildman–Crippen LogP) is -0.393. The third-order valence-corrected chi connectivity index (χ3v) is 1.28. The van der Waals surface area contributed by atoms with Crippen molar-refractivity contribution in [3.63, 3.8) is 0 Å². The molecule has 0 amide bonds. The van der Waals surface area contributed by atoms with Crippen LogP contribution in [0.1, 0.15) is 13.8 Å². The Hall–Kier alpha value is 0.0700. The first kappa shape index (κ1) is 9.07. The van der Waals surface area contributed by atoms with Gasteiger partial charge >= 0.3 is 0 Å². The van der Waals surface area contributed by atoms with E-state index in [9.17, 15) is 4.21 Å². The molecule has 0 heterocycles. The van der Waals surface area contributed by atoms with E-state index in [-0.39, 0.29) is 5.54 Å². The first-order chi connectivity index (χ1) is 3.92. The van der Waals surface area contributed by atoms with E-state index in [4.69, 9.17) is 5.73 Å². The lowest BCUT2D eigenvalue weighted by Gasteiger charge is -2.17. The number of hydrogen-bond acceptors (Lipinski definition) is 2. The average Bonchev–Trinajstić information content (AvgIpc) is 1.59. The van der Waals surface area contributed by atoms with Gasteiger partial charge in [0.25, 0.3) is 0 Å². The van der Waals surface area contributed by atoms with Gasteiger partial charge in [0.2, 0.25) is 0 Å². The van der Waals surface area contributed by atoms with E-state index in [2.05, 4.69) is 4.72 Å². The average molecular weight is 150 g/mol. The molecule has 0 spiro atoms. The molecular weight excluding hydrogens is 136 g/mol. The van der Waals surface area contributed by atoms with Crippen molar-refractivity contribution in [2.45, 2.75) is 19.4 Å². The van der Waals surface area contributed by atoms with E-state index in [1.165, 1.54) is 0 Å². The van der Waals surface area contributed by atoms with Gasteiger partial charge in [-0.15, -0.1) is 0 Å². The highest BCUT2D eigenvalue weighted by atomic mass is 32.2. The summed E-state index contributed by atoms with van der Waals surface area (Å²) in [4.78, 5) is 0. The molecule has 0 aliphatic rings. The Balaban J connectivity index is 3.39. The maximum Gasteiger partial charge on any atom is 0.0884 e. The van der Waals surface area contributed by atoms with Gasteiger partial charge < -0.3 is 5.73 Å². The molecule has 0 bridgehead atoms. The van der Waals surface area contributed by atoms with Gasteiger partial charge in [-0.1, -0.05) is 0 Å². The third kappa shape index (κ3) is 8.07. The van der Waals surface area contributed by atoms with Crippen molar-refractivity contribution in [2.75, 3.05) is 12.8 Å². The third-order valence-electron chi connectivity index (χ3n) is 0.731. The van der Waals surface area contributed by atoms with Gasteiger partial charge in [0.1, 0.15) is 0 Å². The quantitative estimate of drug-likeness (QED) is 0.575. The number of nitrogens with two attached hydrogens (primary N) is 1. The fraction of sp³-hybridized carbons (Fsp3) is 1.00. The molecule has 56 valence electrons. The molecular formula is C5H14N2OS. The summed E-state index contributed by atoms with van der Waals surface area (Å²) in [6.45, 7) is 4.34. The van der Waals surface area contributed by atoms with Crippen LogP contribution in [0.25, 0.3) is 0 Å². The van der Waals surface area contributed by atoms with Crippen LogP contribution in [0.2, 0.25) is 0 Å². The highest BCUT2D eigenvalue weighted by Crippen LogP contribution is 1.91. The lowest BCUT2D eigenvalue weighted by atomic mass is 10.1.